The summed E-state index contributed by atoms with van der Waals surface area (Å²) in [6.07, 6.45) is 0.0875. The Labute approximate surface area is 162 Å². The molecule has 1 saturated heterocycles. The molecule has 2 aliphatic rings. The molecule has 2 heterocycles. The second kappa shape index (κ2) is 7.67. The van der Waals surface area contributed by atoms with Gasteiger partial charge in [0.05, 0.1) is 6.42 Å². The van der Waals surface area contributed by atoms with Crippen molar-refractivity contribution >= 4 is 36.9 Å². The van der Waals surface area contributed by atoms with Crippen molar-refractivity contribution in [3.05, 3.63) is 40.8 Å². The molecule has 8 nitrogen and oxygen atoms in total. The Morgan fingerprint density at radius 3 is 2.67 bits per heavy atom. The highest BCUT2D eigenvalue weighted by Gasteiger charge is 2.56. The highest BCUT2D eigenvalue weighted by molar-refractivity contribution is 8.00. The average molecular weight is 411 g/mol. The predicted molar refractivity (Wildman–Crippen MR) is 104 cm³/mol. The standard InChI is InChI=1S/C17H22N3O5PS/c1-10-9-27-17-14(15(22)20(17)16(10)26(23,24-2)25-3)19-13(21)8-11-6-4-5-7-12(11)18/h4-7,14,17H,8-9,18H2,1-3H3,(H,19,21)/t14-,17-/m1/s1. The Morgan fingerprint density at radius 2 is 2.04 bits per heavy atom. The summed E-state index contributed by atoms with van der Waals surface area (Å²) in [5.41, 5.74) is 8.14. The molecule has 0 spiro atoms. The quantitative estimate of drug-likeness (QED) is 0.418. The van der Waals surface area contributed by atoms with Gasteiger partial charge in [0.1, 0.15) is 16.9 Å². The molecule has 0 radical (unpaired) electrons. The number of anilines is 1. The largest absolute Gasteiger partial charge is 0.398 e. The highest BCUT2D eigenvalue weighted by atomic mass is 32.2. The Kier molecular flexibility index (Phi) is 5.67. The van der Waals surface area contributed by atoms with E-state index in [4.69, 9.17) is 14.8 Å². The number of benzene rings is 1. The van der Waals surface area contributed by atoms with Crippen LogP contribution in [0.2, 0.25) is 0 Å². The second-order valence-electron chi connectivity index (χ2n) is 6.30. The van der Waals surface area contributed by atoms with Crippen LogP contribution in [0.25, 0.3) is 0 Å². The fraction of sp³-hybridized carbons (Fsp3) is 0.412. The number of nitrogen functional groups attached to an aromatic ring is 1. The van der Waals surface area contributed by atoms with E-state index < -0.39 is 13.6 Å². The minimum Gasteiger partial charge on any atom is -0.398 e. The van der Waals surface area contributed by atoms with Crippen molar-refractivity contribution in [2.45, 2.75) is 24.8 Å². The first-order chi connectivity index (χ1) is 12.8. The molecule has 146 valence electrons. The summed E-state index contributed by atoms with van der Waals surface area (Å²) in [6.45, 7) is 1.79. The van der Waals surface area contributed by atoms with E-state index in [1.807, 2.05) is 0 Å². The van der Waals surface area contributed by atoms with Gasteiger partial charge in [-0.3, -0.25) is 19.1 Å². The van der Waals surface area contributed by atoms with Crippen LogP contribution in [0.3, 0.4) is 0 Å². The summed E-state index contributed by atoms with van der Waals surface area (Å²) in [5, 5.41) is 2.42. The van der Waals surface area contributed by atoms with Gasteiger partial charge in [-0.1, -0.05) is 18.2 Å². The van der Waals surface area contributed by atoms with Gasteiger partial charge in [-0.15, -0.1) is 11.8 Å². The highest BCUT2D eigenvalue weighted by Crippen LogP contribution is 2.61. The van der Waals surface area contributed by atoms with Gasteiger partial charge >= 0.3 is 7.60 Å². The van der Waals surface area contributed by atoms with Crippen LogP contribution in [-0.4, -0.2) is 48.1 Å². The van der Waals surface area contributed by atoms with E-state index in [0.717, 1.165) is 5.57 Å². The molecule has 3 N–H and O–H groups in total. The molecule has 27 heavy (non-hydrogen) atoms. The molecule has 1 fully saturated rings. The maximum absolute atomic E-state index is 12.9. The number of hydrogen-bond donors (Lipinski definition) is 2. The van der Waals surface area contributed by atoms with Gasteiger partial charge in [-0.2, -0.15) is 0 Å². The molecule has 2 atom stereocenters. The number of nitrogens with two attached hydrogens (primary N) is 1. The molecule has 2 aliphatic heterocycles. The fourth-order valence-electron chi connectivity index (χ4n) is 3.18. The number of nitrogens with zero attached hydrogens (tertiary/aromatic N) is 1. The van der Waals surface area contributed by atoms with Gasteiger partial charge in [-0.05, 0) is 24.1 Å². The molecule has 0 saturated carbocycles. The Bertz CT molecular complexity index is 851. The summed E-state index contributed by atoms with van der Waals surface area (Å²) in [4.78, 5) is 26.5. The molecule has 2 amide bonds. The molecular formula is C17H22N3O5PS. The second-order valence-corrected chi connectivity index (χ2v) is 9.55. The van der Waals surface area contributed by atoms with Crippen LogP contribution in [0.4, 0.5) is 5.69 Å². The summed E-state index contributed by atoms with van der Waals surface area (Å²) in [7, 11) is -0.999. The van der Waals surface area contributed by atoms with E-state index >= 15 is 0 Å². The van der Waals surface area contributed by atoms with E-state index in [1.54, 1.807) is 31.2 Å². The Balaban J connectivity index is 1.74. The van der Waals surface area contributed by atoms with Gasteiger partial charge in [0.25, 0.3) is 5.91 Å². The third-order valence-electron chi connectivity index (χ3n) is 4.59. The van der Waals surface area contributed by atoms with Gasteiger partial charge in [0.15, 0.2) is 0 Å². The summed E-state index contributed by atoms with van der Waals surface area (Å²) >= 11 is 1.50. The molecule has 0 aromatic heterocycles. The topological polar surface area (TPSA) is 111 Å². The van der Waals surface area contributed by atoms with Crippen LogP contribution in [-0.2, 0) is 29.6 Å². The van der Waals surface area contributed by atoms with Crippen molar-refractivity contribution in [3.63, 3.8) is 0 Å². The number of para-hydroxylation sites is 1. The van der Waals surface area contributed by atoms with Gasteiger partial charge in [0.2, 0.25) is 5.91 Å². The number of thioether (sulfide) groups is 1. The number of fused-ring (bicyclic) bond motifs is 1. The van der Waals surface area contributed by atoms with Crippen LogP contribution < -0.4 is 11.1 Å². The fourth-order valence-corrected chi connectivity index (χ4v) is 6.19. The molecule has 3 rings (SSSR count). The van der Waals surface area contributed by atoms with E-state index in [1.165, 1.54) is 30.9 Å². The van der Waals surface area contributed by atoms with Gasteiger partial charge in [0, 0.05) is 25.7 Å². The van der Waals surface area contributed by atoms with Crippen molar-refractivity contribution < 1.29 is 23.2 Å². The summed E-state index contributed by atoms with van der Waals surface area (Å²) < 4.78 is 23.0. The monoisotopic (exact) mass is 411 g/mol. The van der Waals surface area contributed by atoms with Crippen molar-refractivity contribution in [2.75, 3.05) is 25.7 Å². The maximum atomic E-state index is 12.9. The zero-order valence-electron chi connectivity index (χ0n) is 15.3. The third kappa shape index (κ3) is 3.52. The first-order valence-electron chi connectivity index (χ1n) is 8.31. The number of amides is 2. The lowest BCUT2D eigenvalue weighted by Gasteiger charge is -2.50. The SMILES string of the molecule is COP(=O)(OC)C1=C(C)CS[C@@H]2[C@H](NC(=O)Cc3ccccc3N)C(=O)N12. The van der Waals surface area contributed by atoms with Crippen molar-refractivity contribution in [2.24, 2.45) is 0 Å². The summed E-state index contributed by atoms with van der Waals surface area (Å²) in [6, 6.07) is 6.42. The minimum absolute atomic E-state index is 0.0875. The normalized spacial score (nSPS) is 22.3. The number of hydrogen-bond acceptors (Lipinski definition) is 7. The van der Waals surface area contributed by atoms with E-state index in [2.05, 4.69) is 5.32 Å². The van der Waals surface area contributed by atoms with Crippen LogP contribution in [0.1, 0.15) is 12.5 Å². The van der Waals surface area contributed by atoms with E-state index in [9.17, 15) is 14.2 Å². The zero-order chi connectivity index (χ0) is 19.8. The van der Waals surface area contributed by atoms with Crippen LogP contribution in [0, 0.1) is 0 Å². The van der Waals surface area contributed by atoms with Crippen molar-refractivity contribution in [1.29, 1.82) is 0 Å². The molecule has 10 heteroatoms. The number of β-lactam (4-membered cyclic amide) rings is 1. The Morgan fingerprint density at radius 1 is 1.37 bits per heavy atom. The number of carbonyl (C=O) groups excluding carboxylic acids is 2. The van der Waals surface area contributed by atoms with Gasteiger partial charge in [-0.25, -0.2) is 0 Å². The lowest BCUT2D eigenvalue weighted by Crippen LogP contribution is -2.70. The predicted octanol–water partition coefficient (Wildman–Crippen LogP) is 1.93. The molecule has 1 aromatic carbocycles. The number of nitrogens with one attached hydrogen (secondary N) is 1. The van der Waals surface area contributed by atoms with Crippen molar-refractivity contribution in [1.82, 2.24) is 10.2 Å². The first-order valence-corrected chi connectivity index (χ1v) is 10.9. The first kappa shape index (κ1) is 19.9. The molecule has 1 aromatic rings. The van der Waals surface area contributed by atoms with Gasteiger partial charge < -0.3 is 20.1 Å². The summed E-state index contributed by atoms with van der Waals surface area (Å²) in [5.74, 6) is -0.0513. The van der Waals surface area contributed by atoms with E-state index in [-0.39, 0.29) is 29.0 Å². The van der Waals surface area contributed by atoms with Crippen molar-refractivity contribution in [3.8, 4) is 0 Å². The van der Waals surface area contributed by atoms with Crippen LogP contribution in [0.5, 0.6) is 0 Å². The third-order valence-corrected chi connectivity index (χ3v) is 8.09. The smallest absolute Gasteiger partial charge is 0.377 e. The lowest BCUT2D eigenvalue weighted by molar-refractivity contribution is -0.145. The lowest BCUT2D eigenvalue weighted by atomic mass is 10.1. The molecule has 0 bridgehead atoms. The Hall–Kier alpha value is -1.80. The maximum Gasteiger partial charge on any atom is 0.377 e. The minimum atomic E-state index is -3.57. The number of rotatable bonds is 6. The molecular weight excluding hydrogens is 389 g/mol. The average Bonchev–Trinajstić information content (AvgIpc) is 2.67. The molecule has 0 unspecified atom stereocenters. The van der Waals surface area contributed by atoms with Crippen LogP contribution in [0.15, 0.2) is 35.3 Å². The number of carbonyl (C=O) groups is 2. The van der Waals surface area contributed by atoms with Crippen LogP contribution >= 0.6 is 19.4 Å². The van der Waals surface area contributed by atoms with E-state index in [0.29, 0.717) is 17.0 Å². The zero-order valence-corrected chi connectivity index (χ0v) is 17.0. The molecule has 0 aliphatic carbocycles.